The van der Waals surface area contributed by atoms with Crippen LogP contribution in [0.15, 0.2) is 39.5 Å². The Kier molecular flexibility index (Phi) is 4.64. The molecule has 0 bridgehead atoms. The van der Waals surface area contributed by atoms with E-state index in [4.69, 9.17) is 9.52 Å². The van der Waals surface area contributed by atoms with Crippen LogP contribution >= 0.6 is 12.6 Å². The van der Waals surface area contributed by atoms with Gasteiger partial charge in [-0.25, -0.2) is 4.79 Å². The molecule has 1 aromatic heterocycles. The number of benzene rings is 1. The van der Waals surface area contributed by atoms with Gasteiger partial charge in [-0.05, 0) is 24.3 Å². The second-order valence-corrected chi connectivity index (χ2v) is 4.79. The molecule has 1 heterocycles. The number of para-hydroxylation sites is 1. The van der Waals surface area contributed by atoms with E-state index in [1.54, 1.807) is 24.3 Å². The lowest BCUT2D eigenvalue weighted by atomic mass is 10.2. The summed E-state index contributed by atoms with van der Waals surface area (Å²) in [7, 11) is 0. The highest BCUT2D eigenvalue weighted by molar-refractivity contribution is 7.80. The normalized spacial score (nSPS) is 12.0. The smallest absolute Gasteiger partial charge is 0.326 e. The molecule has 0 fully saturated rings. The number of carbonyl (C=O) groups excluding carboxylic acids is 1. The minimum absolute atomic E-state index is 0.169. The molecule has 1 atom stereocenters. The number of carbonyl (C=O) groups is 2. The van der Waals surface area contributed by atoms with Crippen LogP contribution in [0.2, 0.25) is 0 Å². The number of rotatable bonds is 5. The van der Waals surface area contributed by atoms with E-state index in [0.717, 1.165) is 6.07 Å². The summed E-state index contributed by atoms with van der Waals surface area (Å²) in [5.41, 5.74) is -0.0840. The summed E-state index contributed by atoms with van der Waals surface area (Å²) >= 11 is 3.94. The van der Waals surface area contributed by atoms with Gasteiger partial charge >= 0.3 is 5.97 Å². The molecule has 0 aliphatic rings. The lowest BCUT2D eigenvalue weighted by molar-refractivity contribution is -0.139. The molecule has 0 radical (unpaired) electrons. The number of thiol groups is 1. The largest absolute Gasteiger partial charge is 0.480 e. The van der Waals surface area contributed by atoms with E-state index in [1.807, 2.05) is 0 Å². The van der Waals surface area contributed by atoms with Gasteiger partial charge in [0.2, 0.25) is 0 Å². The SMILES string of the molecule is O=C(N[C@@H](CCS)C(=O)O)c1cc(=O)c2ccccc2o1. The zero-order valence-corrected chi connectivity index (χ0v) is 11.8. The molecule has 0 aliphatic carbocycles. The van der Waals surface area contributed by atoms with Crippen molar-refractivity contribution in [2.75, 3.05) is 5.75 Å². The van der Waals surface area contributed by atoms with Crippen molar-refractivity contribution in [2.24, 2.45) is 0 Å². The molecule has 7 heteroatoms. The van der Waals surface area contributed by atoms with E-state index < -0.39 is 17.9 Å². The molecule has 1 amide bonds. The van der Waals surface area contributed by atoms with Crippen molar-refractivity contribution in [2.45, 2.75) is 12.5 Å². The number of carboxylic acid groups (broad SMARTS) is 1. The average Bonchev–Trinajstić information content (AvgIpc) is 2.46. The molecular formula is C14H13NO5S. The summed E-state index contributed by atoms with van der Waals surface area (Å²) in [5, 5.41) is 11.7. The lowest BCUT2D eigenvalue weighted by Crippen LogP contribution is -2.41. The number of hydrogen-bond donors (Lipinski definition) is 3. The Hall–Kier alpha value is -2.28. The molecule has 2 N–H and O–H groups in total. The summed E-state index contributed by atoms with van der Waals surface area (Å²) in [4.78, 5) is 34.9. The number of aliphatic carboxylic acids is 1. The van der Waals surface area contributed by atoms with Crippen LogP contribution in [0.3, 0.4) is 0 Å². The van der Waals surface area contributed by atoms with Crippen LogP contribution in [0.25, 0.3) is 11.0 Å². The van der Waals surface area contributed by atoms with E-state index >= 15 is 0 Å². The number of carboxylic acids is 1. The van der Waals surface area contributed by atoms with E-state index in [0.29, 0.717) is 11.1 Å². The van der Waals surface area contributed by atoms with Crippen LogP contribution in [0.1, 0.15) is 17.0 Å². The van der Waals surface area contributed by atoms with Crippen LogP contribution in [0.5, 0.6) is 0 Å². The number of nitrogens with one attached hydrogen (secondary N) is 1. The van der Waals surface area contributed by atoms with Crippen molar-refractivity contribution >= 4 is 35.5 Å². The summed E-state index contributed by atoms with van der Waals surface area (Å²) in [6, 6.07) is 6.49. The third-order valence-electron chi connectivity index (χ3n) is 2.88. The molecule has 110 valence electrons. The van der Waals surface area contributed by atoms with E-state index in [2.05, 4.69) is 17.9 Å². The van der Waals surface area contributed by atoms with Crippen molar-refractivity contribution < 1.29 is 19.1 Å². The number of amides is 1. The summed E-state index contributed by atoms with van der Waals surface area (Å²) in [5.74, 6) is -1.82. The third-order valence-corrected chi connectivity index (χ3v) is 3.14. The van der Waals surface area contributed by atoms with Gasteiger partial charge in [-0.2, -0.15) is 12.6 Å². The quantitative estimate of drug-likeness (QED) is 0.723. The molecule has 21 heavy (non-hydrogen) atoms. The first-order chi connectivity index (χ1) is 10.0. The molecule has 0 saturated heterocycles. The molecule has 0 spiro atoms. The highest BCUT2D eigenvalue weighted by Crippen LogP contribution is 2.12. The molecule has 0 saturated carbocycles. The van der Waals surface area contributed by atoms with Gasteiger partial charge in [0.05, 0.1) is 5.39 Å². The van der Waals surface area contributed by atoms with Gasteiger partial charge in [-0.1, -0.05) is 12.1 Å². The summed E-state index contributed by atoms with van der Waals surface area (Å²) in [6.45, 7) is 0. The monoisotopic (exact) mass is 307 g/mol. The maximum atomic E-state index is 12.0. The second kappa shape index (κ2) is 6.45. The summed E-state index contributed by atoms with van der Waals surface area (Å²) < 4.78 is 5.34. The van der Waals surface area contributed by atoms with Crippen molar-refractivity contribution in [1.29, 1.82) is 0 Å². The van der Waals surface area contributed by atoms with E-state index in [1.165, 1.54) is 0 Å². The molecular weight excluding hydrogens is 294 g/mol. The number of fused-ring (bicyclic) bond motifs is 1. The first-order valence-corrected chi connectivity index (χ1v) is 6.83. The molecule has 6 nitrogen and oxygen atoms in total. The van der Waals surface area contributed by atoms with Crippen LogP contribution in [0.4, 0.5) is 0 Å². The number of hydrogen-bond acceptors (Lipinski definition) is 5. The van der Waals surface area contributed by atoms with Crippen LogP contribution in [0, 0.1) is 0 Å². The molecule has 0 aliphatic heterocycles. The highest BCUT2D eigenvalue weighted by atomic mass is 32.1. The minimum Gasteiger partial charge on any atom is -0.480 e. The predicted molar refractivity (Wildman–Crippen MR) is 79.8 cm³/mol. The van der Waals surface area contributed by atoms with Gasteiger partial charge < -0.3 is 14.8 Å². The van der Waals surface area contributed by atoms with E-state index in [-0.39, 0.29) is 23.2 Å². The average molecular weight is 307 g/mol. The Balaban J connectivity index is 2.31. The van der Waals surface area contributed by atoms with Crippen molar-refractivity contribution in [3.05, 3.63) is 46.3 Å². The third kappa shape index (κ3) is 3.43. The van der Waals surface area contributed by atoms with Crippen LogP contribution < -0.4 is 10.7 Å². The maximum Gasteiger partial charge on any atom is 0.326 e. The maximum absolute atomic E-state index is 12.0. The minimum atomic E-state index is -1.17. The van der Waals surface area contributed by atoms with Gasteiger partial charge in [0, 0.05) is 6.07 Å². The second-order valence-electron chi connectivity index (χ2n) is 4.35. The van der Waals surface area contributed by atoms with Crippen LogP contribution in [-0.4, -0.2) is 28.8 Å². The van der Waals surface area contributed by atoms with Gasteiger partial charge in [0.1, 0.15) is 11.6 Å². The van der Waals surface area contributed by atoms with Gasteiger partial charge in [-0.3, -0.25) is 9.59 Å². The predicted octanol–water partition coefficient (Wildman–Crippen LogP) is 1.30. The Labute approximate surface area is 125 Å². The van der Waals surface area contributed by atoms with Crippen molar-refractivity contribution in [3.63, 3.8) is 0 Å². The Morgan fingerprint density at radius 3 is 2.71 bits per heavy atom. The zero-order valence-electron chi connectivity index (χ0n) is 10.9. The van der Waals surface area contributed by atoms with Gasteiger partial charge in [0.25, 0.3) is 5.91 Å². The fourth-order valence-electron chi connectivity index (χ4n) is 1.83. The van der Waals surface area contributed by atoms with Gasteiger partial charge in [-0.15, -0.1) is 0 Å². The topological polar surface area (TPSA) is 96.6 Å². The van der Waals surface area contributed by atoms with Crippen molar-refractivity contribution in [1.82, 2.24) is 5.32 Å². The molecule has 2 aromatic rings. The first kappa shape index (κ1) is 15.1. The fourth-order valence-corrected chi connectivity index (χ4v) is 2.09. The molecule has 0 unspecified atom stereocenters. The zero-order chi connectivity index (χ0) is 15.4. The summed E-state index contributed by atoms with van der Waals surface area (Å²) in [6.07, 6.45) is 0.169. The van der Waals surface area contributed by atoms with Crippen LogP contribution in [-0.2, 0) is 4.79 Å². The lowest BCUT2D eigenvalue weighted by Gasteiger charge is -2.12. The Morgan fingerprint density at radius 2 is 2.05 bits per heavy atom. The Bertz CT molecular complexity index is 739. The fraction of sp³-hybridized carbons (Fsp3) is 0.214. The van der Waals surface area contributed by atoms with E-state index in [9.17, 15) is 14.4 Å². The Morgan fingerprint density at radius 1 is 1.33 bits per heavy atom. The first-order valence-electron chi connectivity index (χ1n) is 6.20. The highest BCUT2D eigenvalue weighted by Gasteiger charge is 2.21. The van der Waals surface area contributed by atoms with Gasteiger partial charge in [0.15, 0.2) is 11.2 Å². The van der Waals surface area contributed by atoms with Crippen molar-refractivity contribution in [3.8, 4) is 0 Å². The standard InChI is InChI=1S/C14H13NO5S/c16-10-7-12(20-11-4-2-1-3-8(10)11)13(17)15-9(5-6-21)14(18)19/h1-4,7,9,21H,5-6H2,(H,15,17)(H,18,19)/t9-/m0/s1. The molecule has 1 aromatic carbocycles. The molecule has 2 rings (SSSR count).